The number of benzene rings is 1. The Bertz CT molecular complexity index is 596. The first kappa shape index (κ1) is 16.2. The lowest BCUT2D eigenvalue weighted by Gasteiger charge is -2.21. The third-order valence-corrected chi connectivity index (χ3v) is 5.42. The third kappa shape index (κ3) is 3.72. The quantitative estimate of drug-likeness (QED) is 0.584. The molecule has 1 aromatic rings. The highest BCUT2D eigenvalue weighted by Crippen LogP contribution is 2.23. The van der Waals surface area contributed by atoms with E-state index in [4.69, 9.17) is 5.73 Å². The number of hydrogen-bond acceptors (Lipinski definition) is 4. The molecule has 0 saturated heterocycles. The molecule has 1 aromatic carbocycles. The number of nitrogens with one attached hydrogen (secondary N) is 1. The van der Waals surface area contributed by atoms with Crippen molar-refractivity contribution in [1.82, 2.24) is 4.72 Å². The predicted molar refractivity (Wildman–Crippen MR) is 78.8 cm³/mol. The molecule has 5 nitrogen and oxygen atoms in total. The summed E-state index contributed by atoms with van der Waals surface area (Å²) >= 11 is 0. The second kappa shape index (κ2) is 6.29. The maximum atomic E-state index is 13.7. The Labute approximate surface area is 124 Å². The minimum absolute atomic E-state index is 0.0942. The average Bonchev–Trinajstić information content (AvgIpc) is 2.60. The van der Waals surface area contributed by atoms with Crippen LogP contribution in [-0.2, 0) is 10.0 Å². The molecule has 2 atom stereocenters. The van der Waals surface area contributed by atoms with Crippen molar-refractivity contribution in [3.63, 3.8) is 0 Å². The smallest absolute Gasteiger partial charge is 0.241 e. The number of rotatable bonds is 3. The van der Waals surface area contributed by atoms with E-state index < -0.39 is 28.0 Å². The van der Waals surface area contributed by atoms with Gasteiger partial charge in [0.05, 0.1) is 11.0 Å². The molecule has 2 rings (SSSR count). The molecule has 7 heteroatoms. The normalized spacial score (nSPS) is 23.8. The van der Waals surface area contributed by atoms with Crippen LogP contribution in [0.3, 0.4) is 0 Å². The van der Waals surface area contributed by atoms with E-state index in [0.717, 1.165) is 25.3 Å². The minimum atomic E-state index is -3.90. The first-order chi connectivity index (χ1) is 9.81. The molecular weight excluding hydrogens is 295 g/mol. The highest BCUT2D eigenvalue weighted by molar-refractivity contribution is 7.89. The van der Waals surface area contributed by atoms with Crippen molar-refractivity contribution in [2.75, 3.05) is 5.73 Å². The van der Waals surface area contributed by atoms with Crippen LogP contribution in [0.4, 0.5) is 10.1 Å². The number of aliphatic hydroxyl groups excluding tert-OH is 1. The van der Waals surface area contributed by atoms with Crippen LogP contribution >= 0.6 is 0 Å². The van der Waals surface area contributed by atoms with Gasteiger partial charge in [0.25, 0.3) is 0 Å². The van der Waals surface area contributed by atoms with E-state index in [-0.39, 0.29) is 16.1 Å². The van der Waals surface area contributed by atoms with Crippen LogP contribution < -0.4 is 10.5 Å². The van der Waals surface area contributed by atoms with Crippen LogP contribution in [-0.4, -0.2) is 25.7 Å². The molecule has 1 aliphatic rings. The zero-order valence-corrected chi connectivity index (χ0v) is 12.8. The number of anilines is 1. The van der Waals surface area contributed by atoms with Crippen LogP contribution in [0.25, 0.3) is 0 Å². The van der Waals surface area contributed by atoms with E-state index in [1.165, 1.54) is 13.0 Å². The van der Waals surface area contributed by atoms with E-state index >= 15 is 0 Å². The molecule has 0 spiro atoms. The van der Waals surface area contributed by atoms with Crippen LogP contribution in [0, 0.1) is 12.7 Å². The number of hydrogen-bond donors (Lipinski definition) is 3. The summed E-state index contributed by atoms with van der Waals surface area (Å²) < 4.78 is 40.8. The number of sulfonamides is 1. The molecular formula is C14H21FN2O3S. The topological polar surface area (TPSA) is 92.4 Å². The van der Waals surface area contributed by atoms with Crippen LogP contribution in [0.15, 0.2) is 17.0 Å². The van der Waals surface area contributed by atoms with Gasteiger partial charge in [-0.15, -0.1) is 0 Å². The van der Waals surface area contributed by atoms with Gasteiger partial charge < -0.3 is 10.8 Å². The highest BCUT2D eigenvalue weighted by Gasteiger charge is 2.27. The summed E-state index contributed by atoms with van der Waals surface area (Å²) in [5.74, 6) is -0.656. The van der Waals surface area contributed by atoms with Gasteiger partial charge in [0.1, 0.15) is 5.82 Å². The summed E-state index contributed by atoms with van der Waals surface area (Å²) in [5.41, 5.74) is 5.94. The third-order valence-electron chi connectivity index (χ3n) is 3.95. The zero-order chi connectivity index (χ0) is 15.6. The molecule has 0 amide bonds. The summed E-state index contributed by atoms with van der Waals surface area (Å²) in [6.45, 7) is 1.49. The SMILES string of the molecule is Cc1c(N)cc(S(=O)(=O)NC2CCCCCC2O)cc1F. The molecule has 118 valence electrons. The van der Waals surface area contributed by atoms with Crippen molar-refractivity contribution in [2.45, 2.75) is 56.1 Å². The second-order valence-electron chi connectivity index (χ2n) is 5.55. The Morgan fingerprint density at radius 1 is 1.29 bits per heavy atom. The van der Waals surface area contributed by atoms with Crippen LogP contribution in [0.1, 0.15) is 37.7 Å². The highest BCUT2D eigenvalue weighted by atomic mass is 32.2. The van der Waals surface area contributed by atoms with E-state index in [1.807, 2.05) is 0 Å². The number of aliphatic hydroxyl groups is 1. The Hall–Kier alpha value is -1.18. The van der Waals surface area contributed by atoms with E-state index in [1.54, 1.807) is 0 Å². The van der Waals surface area contributed by atoms with E-state index in [0.29, 0.717) is 12.8 Å². The number of halogens is 1. The molecule has 4 N–H and O–H groups in total. The molecule has 0 aliphatic heterocycles. The van der Waals surface area contributed by atoms with E-state index in [9.17, 15) is 17.9 Å². The standard InChI is InChI=1S/C14H21FN2O3S/c1-9-11(15)7-10(8-12(9)16)21(19,20)17-13-5-3-2-4-6-14(13)18/h7-8,13-14,17-18H,2-6,16H2,1H3. The first-order valence-corrected chi connectivity index (χ1v) is 8.55. The van der Waals surface area contributed by atoms with Gasteiger partial charge in [0, 0.05) is 17.3 Å². The maximum absolute atomic E-state index is 13.7. The Morgan fingerprint density at radius 2 is 1.95 bits per heavy atom. The van der Waals surface area contributed by atoms with Gasteiger partial charge in [0.2, 0.25) is 10.0 Å². The average molecular weight is 316 g/mol. The van der Waals surface area contributed by atoms with Crippen molar-refractivity contribution >= 4 is 15.7 Å². The Morgan fingerprint density at radius 3 is 2.62 bits per heavy atom. The summed E-state index contributed by atoms with van der Waals surface area (Å²) in [4.78, 5) is -0.209. The fourth-order valence-corrected chi connectivity index (χ4v) is 3.87. The first-order valence-electron chi connectivity index (χ1n) is 7.07. The summed E-state index contributed by atoms with van der Waals surface area (Å²) in [5, 5.41) is 9.99. The van der Waals surface area contributed by atoms with Crippen LogP contribution in [0.2, 0.25) is 0 Å². The summed E-state index contributed by atoms with van der Waals surface area (Å²) in [6, 6.07) is 1.66. The Kier molecular flexibility index (Phi) is 4.85. The summed E-state index contributed by atoms with van der Waals surface area (Å²) in [7, 11) is -3.90. The van der Waals surface area contributed by atoms with Crippen LogP contribution in [0.5, 0.6) is 0 Å². The molecule has 0 radical (unpaired) electrons. The molecule has 0 aromatic heterocycles. The van der Waals surface area contributed by atoms with Gasteiger partial charge in [-0.1, -0.05) is 19.3 Å². The van der Waals surface area contributed by atoms with E-state index in [2.05, 4.69) is 4.72 Å². The minimum Gasteiger partial charge on any atom is -0.398 e. The molecule has 1 saturated carbocycles. The number of nitrogens with two attached hydrogens (primary N) is 1. The van der Waals surface area contributed by atoms with Crippen molar-refractivity contribution in [1.29, 1.82) is 0 Å². The summed E-state index contributed by atoms with van der Waals surface area (Å²) in [6.07, 6.45) is 3.14. The van der Waals surface area contributed by atoms with Gasteiger partial charge in [-0.05, 0) is 31.9 Å². The van der Waals surface area contributed by atoms with Gasteiger partial charge in [-0.25, -0.2) is 17.5 Å². The van der Waals surface area contributed by atoms with Crippen molar-refractivity contribution in [3.8, 4) is 0 Å². The number of nitrogen functional groups attached to an aromatic ring is 1. The predicted octanol–water partition coefficient (Wildman–Crippen LogP) is 1.69. The molecule has 0 bridgehead atoms. The Balaban J connectivity index is 2.25. The zero-order valence-electron chi connectivity index (χ0n) is 12.0. The van der Waals surface area contributed by atoms with Crippen molar-refractivity contribution < 1.29 is 17.9 Å². The van der Waals surface area contributed by atoms with Gasteiger partial charge in [-0.3, -0.25) is 0 Å². The lowest BCUT2D eigenvalue weighted by molar-refractivity contribution is 0.130. The van der Waals surface area contributed by atoms with Gasteiger partial charge in [0.15, 0.2) is 0 Å². The fourth-order valence-electron chi connectivity index (χ4n) is 2.52. The lowest BCUT2D eigenvalue weighted by atomic mass is 10.1. The second-order valence-corrected chi connectivity index (χ2v) is 7.27. The fraction of sp³-hybridized carbons (Fsp3) is 0.571. The molecule has 2 unspecified atom stereocenters. The van der Waals surface area contributed by atoms with Gasteiger partial charge >= 0.3 is 0 Å². The largest absolute Gasteiger partial charge is 0.398 e. The van der Waals surface area contributed by atoms with Crippen molar-refractivity contribution in [2.24, 2.45) is 0 Å². The molecule has 1 aliphatic carbocycles. The molecule has 0 heterocycles. The van der Waals surface area contributed by atoms with Gasteiger partial charge in [-0.2, -0.15) is 0 Å². The molecule has 1 fully saturated rings. The molecule has 21 heavy (non-hydrogen) atoms. The lowest BCUT2D eigenvalue weighted by Crippen LogP contribution is -2.42. The maximum Gasteiger partial charge on any atom is 0.241 e. The van der Waals surface area contributed by atoms with Crippen molar-refractivity contribution in [3.05, 3.63) is 23.5 Å². The monoisotopic (exact) mass is 316 g/mol.